The zero-order valence-corrected chi connectivity index (χ0v) is 12.3. The number of anilines is 1. The number of carbonyl (C=O) groups excluding carboxylic acids is 1. The maximum absolute atomic E-state index is 12.3. The number of aryl methyl sites for hydroxylation is 2. The summed E-state index contributed by atoms with van der Waals surface area (Å²) in [5.74, 6) is 0.592. The minimum atomic E-state index is -0.243. The van der Waals surface area contributed by atoms with E-state index < -0.39 is 0 Å². The molecule has 0 saturated heterocycles. The minimum absolute atomic E-state index is 0.243. The molecule has 1 heterocycles. The van der Waals surface area contributed by atoms with Gasteiger partial charge in [0, 0.05) is 18.9 Å². The summed E-state index contributed by atoms with van der Waals surface area (Å²) >= 11 is 0. The number of nitrogens with zero attached hydrogens (tertiary/aromatic N) is 2. The van der Waals surface area contributed by atoms with Gasteiger partial charge in [-0.25, -0.2) is 9.78 Å². The molecule has 0 unspecified atom stereocenters. The van der Waals surface area contributed by atoms with Crippen molar-refractivity contribution in [3.63, 3.8) is 0 Å². The summed E-state index contributed by atoms with van der Waals surface area (Å²) in [4.78, 5) is 17.9. The van der Waals surface area contributed by atoms with Crippen molar-refractivity contribution in [2.24, 2.45) is 0 Å². The number of urea groups is 1. The topological polar surface area (TPSA) is 45.2 Å². The molecule has 0 bridgehead atoms. The zero-order chi connectivity index (χ0) is 15.2. The number of hydrogen-bond donors (Lipinski definition) is 1. The molecule has 1 N–H and O–H groups in total. The minimum Gasteiger partial charge on any atom is -0.333 e. The standard InChI is InChI=1S/C17H19N3O/c1-4-20(16-14(3)6-5-11-18-16)17(21)19-12-15-9-7-13(2)8-10-15/h4-11H,1,12H2,2-3H3,(H,19,21). The Morgan fingerprint density at radius 3 is 2.62 bits per heavy atom. The van der Waals surface area contributed by atoms with Gasteiger partial charge >= 0.3 is 6.03 Å². The summed E-state index contributed by atoms with van der Waals surface area (Å²) in [6.45, 7) is 8.10. The van der Waals surface area contributed by atoms with E-state index in [2.05, 4.69) is 16.9 Å². The van der Waals surface area contributed by atoms with Crippen LogP contribution in [0.5, 0.6) is 0 Å². The van der Waals surface area contributed by atoms with Gasteiger partial charge in [0.2, 0.25) is 0 Å². The van der Waals surface area contributed by atoms with E-state index in [1.165, 1.54) is 16.7 Å². The molecule has 2 rings (SSSR count). The Morgan fingerprint density at radius 1 is 1.29 bits per heavy atom. The summed E-state index contributed by atoms with van der Waals surface area (Å²) in [5.41, 5.74) is 3.17. The number of aromatic nitrogens is 1. The Bertz CT molecular complexity index is 635. The lowest BCUT2D eigenvalue weighted by Crippen LogP contribution is -2.36. The predicted molar refractivity (Wildman–Crippen MR) is 85.1 cm³/mol. The van der Waals surface area contributed by atoms with Crippen molar-refractivity contribution in [2.75, 3.05) is 4.90 Å². The van der Waals surface area contributed by atoms with E-state index in [0.29, 0.717) is 12.4 Å². The lowest BCUT2D eigenvalue weighted by Gasteiger charge is -2.19. The average Bonchev–Trinajstić information content (AvgIpc) is 2.49. The number of rotatable bonds is 4. The third kappa shape index (κ3) is 3.69. The van der Waals surface area contributed by atoms with E-state index in [1.807, 2.05) is 50.2 Å². The second-order valence-corrected chi connectivity index (χ2v) is 4.84. The molecule has 0 atom stereocenters. The number of carbonyl (C=O) groups is 1. The molecule has 0 fully saturated rings. The lowest BCUT2D eigenvalue weighted by atomic mass is 10.1. The molecule has 21 heavy (non-hydrogen) atoms. The molecular weight excluding hydrogens is 262 g/mol. The number of pyridine rings is 1. The Kier molecular flexibility index (Phi) is 4.72. The van der Waals surface area contributed by atoms with E-state index >= 15 is 0 Å². The monoisotopic (exact) mass is 281 g/mol. The van der Waals surface area contributed by atoms with Crippen molar-refractivity contribution >= 4 is 11.8 Å². The van der Waals surface area contributed by atoms with Crippen LogP contribution in [0.3, 0.4) is 0 Å². The van der Waals surface area contributed by atoms with Crippen LogP contribution >= 0.6 is 0 Å². The fourth-order valence-corrected chi connectivity index (χ4v) is 1.96. The van der Waals surface area contributed by atoms with E-state index in [4.69, 9.17) is 0 Å². The molecule has 108 valence electrons. The maximum Gasteiger partial charge on any atom is 0.327 e. The molecule has 4 nitrogen and oxygen atoms in total. The first-order chi connectivity index (χ1) is 10.1. The number of hydrogen-bond acceptors (Lipinski definition) is 2. The van der Waals surface area contributed by atoms with Crippen molar-refractivity contribution < 1.29 is 4.79 Å². The molecule has 0 radical (unpaired) electrons. The van der Waals surface area contributed by atoms with Gasteiger partial charge in [-0.1, -0.05) is 42.5 Å². The van der Waals surface area contributed by atoms with Crippen LogP contribution in [0.25, 0.3) is 0 Å². The molecule has 0 spiro atoms. The fraction of sp³-hybridized carbons (Fsp3) is 0.176. The van der Waals surface area contributed by atoms with E-state index in [-0.39, 0.29) is 6.03 Å². The van der Waals surface area contributed by atoms with E-state index in [9.17, 15) is 4.79 Å². The van der Waals surface area contributed by atoms with Crippen LogP contribution in [0.1, 0.15) is 16.7 Å². The molecule has 1 aromatic heterocycles. The summed E-state index contributed by atoms with van der Waals surface area (Å²) in [6.07, 6.45) is 3.13. The highest BCUT2D eigenvalue weighted by Gasteiger charge is 2.15. The van der Waals surface area contributed by atoms with Gasteiger partial charge in [0.1, 0.15) is 5.82 Å². The molecule has 0 aliphatic carbocycles. The number of amides is 2. The van der Waals surface area contributed by atoms with Crippen LogP contribution in [0.4, 0.5) is 10.6 Å². The van der Waals surface area contributed by atoms with Crippen molar-refractivity contribution in [2.45, 2.75) is 20.4 Å². The number of benzene rings is 1. The maximum atomic E-state index is 12.3. The van der Waals surface area contributed by atoms with E-state index in [0.717, 1.165) is 11.1 Å². The molecule has 4 heteroatoms. The van der Waals surface area contributed by atoms with Crippen LogP contribution in [0.2, 0.25) is 0 Å². The van der Waals surface area contributed by atoms with Crippen molar-refractivity contribution in [1.29, 1.82) is 0 Å². The fourth-order valence-electron chi connectivity index (χ4n) is 1.96. The Labute approximate surface area is 125 Å². The predicted octanol–water partition coefficient (Wildman–Crippen LogP) is 3.56. The molecule has 1 aromatic carbocycles. The summed E-state index contributed by atoms with van der Waals surface area (Å²) < 4.78 is 0. The Morgan fingerprint density at radius 2 is 2.00 bits per heavy atom. The smallest absolute Gasteiger partial charge is 0.327 e. The molecule has 0 saturated carbocycles. The SMILES string of the molecule is C=CN(C(=O)NCc1ccc(C)cc1)c1ncccc1C. The second kappa shape index (κ2) is 6.70. The molecule has 0 aliphatic rings. The zero-order valence-electron chi connectivity index (χ0n) is 12.3. The van der Waals surface area contributed by atoms with Gasteiger partial charge in [-0.15, -0.1) is 0 Å². The normalized spacial score (nSPS) is 10.0. The second-order valence-electron chi connectivity index (χ2n) is 4.84. The molecule has 0 aliphatic heterocycles. The van der Waals surface area contributed by atoms with Crippen molar-refractivity contribution in [3.8, 4) is 0 Å². The number of nitrogens with one attached hydrogen (secondary N) is 1. The first kappa shape index (κ1) is 14.8. The third-order valence-corrected chi connectivity index (χ3v) is 3.18. The molecule has 2 aromatic rings. The summed E-state index contributed by atoms with van der Waals surface area (Å²) in [6, 6.07) is 11.5. The Hall–Kier alpha value is -2.62. The Balaban J connectivity index is 2.06. The van der Waals surface area contributed by atoms with Crippen LogP contribution < -0.4 is 10.2 Å². The van der Waals surface area contributed by atoms with Crippen LogP contribution in [0, 0.1) is 13.8 Å². The average molecular weight is 281 g/mol. The van der Waals surface area contributed by atoms with Crippen LogP contribution in [-0.2, 0) is 6.54 Å². The van der Waals surface area contributed by atoms with Gasteiger partial charge in [0.25, 0.3) is 0 Å². The lowest BCUT2D eigenvalue weighted by molar-refractivity contribution is 0.248. The largest absolute Gasteiger partial charge is 0.333 e. The first-order valence-electron chi connectivity index (χ1n) is 6.78. The molecule has 2 amide bonds. The highest BCUT2D eigenvalue weighted by molar-refractivity contribution is 5.93. The first-order valence-corrected chi connectivity index (χ1v) is 6.78. The van der Waals surface area contributed by atoms with Gasteiger partial charge in [-0.2, -0.15) is 0 Å². The van der Waals surface area contributed by atoms with Crippen LogP contribution in [-0.4, -0.2) is 11.0 Å². The highest BCUT2D eigenvalue weighted by Crippen LogP contribution is 2.16. The van der Waals surface area contributed by atoms with Gasteiger partial charge in [0.15, 0.2) is 0 Å². The quantitative estimate of drug-likeness (QED) is 0.931. The van der Waals surface area contributed by atoms with Gasteiger partial charge in [0.05, 0.1) is 0 Å². The third-order valence-electron chi connectivity index (χ3n) is 3.18. The van der Waals surface area contributed by atoms with Crippen molar-refractivity contribution in [3.05, 3.63) is 72.1 Å². The van der Waals surface area contributed by atoms with Gasteiger partial charge in [-0.05, 0) is 31.0 Å². The van der Waals surface area contributed by atoms with Gasteiger partial charge in [-0.3, -0.25) is 4.90 Å². The van der Waals surface area contributed by atoms with Crippen molar-refractivity contribution in [1.82, 2.24) is 10.3 Å². The summed E-state index contributed by atoms with van der Waals surface area (Å²) in [5, 5.41) is 2.87. The van der Waals surface area contributed by atoms with E-state index in [1.54, 1.807) is 6.20 Å². The van der Waals surface area contributed by atoms with Crippen LogP contribution in [0.15, 0.2) is 55.4 Å². The van der Waals surface area contributed by atoms with Gasteiger partial charge < -0.3 is 5.32 Å². The molecular formula is C17H19N3O. The highest BCUT2D eigenvalue weighted by atomic mass is 16.2. The summed E-state index contributed by atoms with van der Waals surface area (Å²) in [7, 11) is 0.